The summed E-state index contributed by atoms with van der Waals surface area (Å²) in [5.74, 6) is -0.276. The van der Waals surface area contributed by atoms with Crippen LogP contribution in [0, 0.1) is 0 Å². The summed E-state index contributed by atoms with van der Waals surface area (Å²) in [5.41, 5.74) is -0.379. The Morgan fingerprint density at radius 2 is 2.08 bits per heavy atom. The smallest absolute Gasteiger partial charge is 0.261 e. The second-order valence-electron chi connectivity index (χ2n) is 6.71. The lowest BCUT2D eigenvalue weighted by atomic mass is 9.89. The predicted octanol–water partition coefficient (Wildman–Crippen LogP) is 2.76. The van der Waals surface area contributed by atoms with Crippen LogP contribution < -0.4 is 10.6 Å². The van der Waals surface area contributed by atoms with Gasteiger partial charge in [-0.2, -0.15) is 5.10 Å². The number of carbonyl (C=O) groups excluding carboxylic acids is 2. The molecule has 1 fully saturated rings. The third-order valence-corrected chi connectivity index (χ3v) is 6.07. The Kier molecular flexibility index (Phi) is 5.22. The molecule has 0 spiro atoms. The number of fused-ring (bicyclic) bond motifs is 1. The molecule has 1 saturated carbocycles. The minimum Gasteiger partial charge on any atom is -0.349 e. The number of aromatic nitrogens is 2. The predicted molar refractivity (Wildman–Crippen MR) is 99.7 cm³/mol. The summed E-state index contributed by atoms with van der Waals surface area (Å²) in [6.45, 7) is 3.99. The number of aryl methyl sites for hydroxylation is 1. The van der Waals surface area contributed by atoms with Crippen molar-refractivity contribution in [2.24, 2.45) is 7.05 Å². The van der Waals surface area contributed by atoms with E-state index in [0.717, 1.165) is 35.9 Å². The Morgan fingerprint density at radius 1 is 1.36 bits per heavy atom. The van der Waals surface area contributed by atoms with Crippen LogP contribution in [-0.4, -0.2) is 33.7 Å². The first-order chi connectivity index (χ1) is 12.0. The van der Waals surface area contributed by atoms with E-state index in [1.165, 1.54) is 30.3 Å². The lowest BCUT2D eigenvalue weighted by Crippen LogP contribution is -2.55. The largest absolute Gasteiger partial charge is 0.349 e. The number of hydrogen-bond donors (Lipinski definition) is 2. The van der Waals surface area contributed by atoms with Crippen molar-refractivity contribution in [2.75, 3.05) is 6.54 Å². The second kappa shape index (κ2) is 7.39. The summed E-state index contributed by atoms with van der Waals surface area (Å²) >= 11 is 1.43. The maximum Gasteiger partial charge on any atom is 0.261 e. The highest BCUT2D eigenvalue weighted by atomic mass is 32.1. The number of thiophene rings is 1. The molecule has 2 heterocycles. The number of nitrogens with one attached hydrogen (secondary N) is 2. The third kappa shape index (κ3) is 3.92. The van der Waals surface area contributed by atoms with E-state index in [-0.39, 0.29) is 17.4 Å². The fraction of sp³-hybridized carbons (Fsp3) is 0.500. The lowest BCUT2D eigenvalue weighted by molar-refractivity contribution is -0.118. The number of rotatable bonds is 5. The molecule has 25 heavy (non-hydrogen) atoms. The van der Waals surface area contributed by atoms with Gasteiger partial charge >= 0.3 is 0 Å². The van der Waals surface area contributed by atoms with Crippen molar-refractivity contribution >= 4 is 33.4 Å². The average Bonchev–Trinajstić information content (AvgIpc) is 3.09. The monoisotopic (exact) mass is 360 g/mol. The first kappa shape index (κ1) is 17.7. The van der Waals surface area contributed by atoms with Gasteiger partial charge in [0.15, 0.2) is 0 Å². The van der Waals surface area contributed by atoms with Crippen molar-refractivity contribution in [3.8, 4) is 0 Å². The normalized spacial score (nSPS) is 17.0. The van der Waals surface area contributed by atoms with Gasteiger partial charge in [0, 0.05) is 19.0 Å². The summed E-state index contributed by atoms with van der Waals surface area (Å²) in [6.07, 6.45) is 9.27. The van der Waals surface area contributed by atoms with Crippen LogP contribution in [0.3, 0.4) is 0 Å². The fourth-order valence-electron chi connectivity index (χ4n) is 3.45. The van der Waals surface area contributed by atoms with E-state index in [2.05, 4.69) is 22.3 Å². The minimum absolute atomic E-state index is 0.0994. The van der Waals surface area contributed by atoms with Crippen LogP contribution in [0.25, 0.3) is 10.2 Å². The molecule has 1 aliphatic rings. The molecule has 7 heteroatoms. The second-order valence-corrected chi connectivity index (χ2v) is 7.74. The zero-order valence-electron chi connectivity index (χ0n) is 14.5. The van der Waals surface area contributed by atoms with Crippen molar-refractivity contribution in [1.29, 1.82) is 0 Å². The van der Waals surface area contributed by atoms with Crippen LogP contribution in [0.15, 0.2) is 24.9 Å². The van der Waals surface area contributed by atoms with Gasteiger partial charge in [0.25, 0.3) is 5.91 Å². The topological polar surface area (TPSA) is 76.0 Å². The summed E-state index contributed by atoms with van der Waals surface area (Å²) in [6, 6.07) is 1.87. The van der Waals surface area contributed by atoms with E-state index >= 15 is 0 Å². The van der Waals surface area contributed by atoms with E-state index in [4.69, 9.17) is 0 Å². The van der Waals surface area contributed by atoms with Crippen molar-refractivity contribution in [1.82, 2.24) is 20.4 Å². The molecule has 0 aromatic carbocycles. The maximum atomic E-state index is 12.6. The first-order valence-electron chi connectivity index (χ1n) is 8.67. The van der Waals surface area contributed by atoms with Gasteiger partial charge in [-0.05, 0) is 25.0 Å². The van der Waals surface area contributed by atoms with Crippen molar-refractivity contribution < 1.29 is 9.59 Å². The SMILES string of the molecule is C=CC(=O)NC1(CNC(=O)c2cc3cnn(C)c3s2)CCCCCC1. The molecule has 2 amide bonds. The molecule has 0 saturated heterocycles. The quantitative estimate of drug-likeness (QED) is 0.636. The van der Waals surface area contributed by atoms with Crippen LogP contribution in [-0.2, 0) is 11.8 Å². The Morgan fingerprint density at radius 3 is 2.72 bits per heavy atom. The van der Waals surface area contributed by atoms with E-state index in [0.29, 0.717) is 11.4 Å². The van der Waals surface area contributed by atoms with Gasteiger partial charge in [0.2, 0.25) is 5.91 Å². The van der Waals surface area contributed by atoms with E-state index < -0.39 is 0 Å². The number of nitrogens with zero attached hydrogens (tertiary/aromatic N) is 2. The molecule has 1 aliphatic carbocycles. The highest BCUT2D eigenvalue weighted by Gasteiger charge is 2.32. The lowest BCUT2D eigenvalue weighted by Gasteiger charge is -2.33. The van der Waals surface area contributed by atoms with Crippen LogP contribution >= 0.6 is 11.3 Å². The molecule has 6 nitrogen and oxygen atoms in total. The Bertz CT molecular complexity index is 784. The molecule has 2 aromatic rings. The summed E-state index contributed by atoms with van der Waals surface area (Å²) in [5, 5.41) is 11.3. The molecule has 0 aliphatic heterocycles. The molecule has 0 unspecified atom stereocenters. The van der Waals surface area contributed by atoms with Crippen molar-refractivity contribution in [3.63, 3.8) is 0 Å². The van der Waals surface area contributed by atoms with E-state index in [1.54, 1.807) is 10.9 Å². The van der Waals surface area contributed by atoms with E-state index in [9.17, 15) is 9.59 Å². The van der Waals surface area contributed by atoms with Crippen LogP contribution in [0.4, 0.5) is 0 Å². The fourth-order valence-corrected chi connectivity index (χ4v) is 4.42. The molecule has 134 valence electrons. The van der Waals surface area contributed by atoms with Crippen LogP contribution in [0.1, 0.15) is 48.2 Å². The Labute approximate surface area is 151 Å². The standard InChI is InChI=1S/C18H24N4O2S/c1-3-15(23)21-18(8-6-4-5-7-9-18)12-19-16(24)14-10-13-11-20-22(2)17(13)25-14/h3,10-11H,1,4-9,12H2,2H3,(H,19,24)(H,21,23). The summed E-state index contributed by atoms with van der Waals surface area (Å²) in [7, 11) is 1.87. The zero-order valence-corrected chi connectivity index (χ0v) is 15.3. The average molecular weight is 360 g/mol. The highest BCUT2D eigenvalue weighted by Crippen LogP contribution is 2.28. The van der Waals surface area contributed by atoms with Crippen LogP contribution in [0.2, 0.25) is 0 Å². The Balaban J connectivity index is 1.71. The van der Waals surface area contributed by atoms with Gasteiger partial charge in [0.05, 0.1) is 16.6 Å². The third-order valence-electron chi connectivity index (χ3n) is 4.85. The Hall–Kier alpha value is -2.15. The van der Waals surface area contributed by atoms with Gasteiger partial charge in [0.1, 0.15) is 4.83 Å². The molecular weight excluding hydrogens is 336 g/mol. The van der Waals surface area contributed by atoms with Gasteiger partial charge in [-0.15, -0.1) is 11.3 Å². The molecule has 0 bridgehead atoms. The number of carbonyl (C=O) groups is 2. The highest BCUT2D eigenvalue weighted by molar-refractivity contribution is 7.20. The molecule has 0 atom stereocenters. The van der Waals surface area contributed by atoms with E-state index in [1.807, 2.05) is 13.1 Å². The van der Waals surface area contributed by atoms with Crippen molar-refractivity contribution in [2.45, 2.75) is 44.1 Å². The van der Waals surface area contributed by atoms with Gasteiger partial charge < -0.3 is 10.6 Å². The number of amides is 2. The first-order valence-corrected chi connectivity index (χ1v) is 9.49. The van der Waals surface area contributed by atoms with Crippen molar-refractivity contribution in [3.05, 3.63) is 29.8 Å². The molecule has 2 aromatic heterocycles. The molecule has 0 radical (unpaired) electrons. The van der Waals surface area contributed by atoms with Gasteiger partial charge in [-0.3, -0.25) is 14.3 Å². The van der Waals surface area contributed by atoms with Crippen LogP contribution in [0.5, 0.6) is 0 Å². The van der Waals surface area contributed by atoms with Gasteiger partial charge in [-0.25, -0.2) is 0 Å². The summed E-state index contributed by atoms with van der Waals surface area (Å²) in [4.78, 5) is 26.1. The molecule has 2 N–H and O–H groups in total. The minimum atomic E-state index is -0.379. The molecule has 3 rings (SSSR count). The maximum absolute atomic E-state index is 12.6. The molecular formula is C18H24N4O2S. The zero-order chi connectivity index (χ0) is 17.9. The summed E-state index contributed by atoms with van der Waals surface area (Å²) < 4.78 is 1.77. The number of hydrogen-bond acceptors (Lipinski definition) is 4. The van der Waals surface area contributed by atoms with Gasteiger partial charge in [-0.1, -0.05) is 32.3 Å².